The third-order valence-corrected chi connectivity index (χ3v) is 5.81. The first kappa shape index (κ1) is 21.0. The van der Waals surface area contributed by atoms with E-state index in [-0.39, 0.29) is 17.0 Å². The van der Waals surface area contributed by atoms with E-state index in [1.807, 2.05) is 0 Å². The topological polar surface area (TPSA) is 35.9 Å². The van der Waals surface area contributed by atoms with Crippen molar-refractivity contribution in [3.05, 3.63) is 35.6 Å². The van der Waals surface area contributed by atoms with Crippen LogP contribution in [0.15, 0.2) is 29.4 Å². The van der Waals surface area contributed by atoms with Crippen molar-refractivity contribution >= 4 is 19.5 Å². The summed E-state index contributed by atoms with van der Waals surface area (Å²) in [6.45, 7) is 4.58. The van der Waals surface area contributed by atoms with Crippen LogP contribution < -0.4 is 0 Å². The van der Waals surface area contributed by atoms with Crippen molar-refractivity contribution in [3.63, 3.8) is 0 Å². The Kier molecular flexibility index (Phi) is 7.27. The van der Waals surface area contributed by atoms with Crippen LogP contribution in [0.25, 0.3) is 0 Å². The van der Waals surface area contributed by atoms with Gasteiger partial charge in [0, 0.05) is 12.8 Å². The van der Waals surface area contributed by atoms with Crippen LogP contribution in [0.2, 0.25) is 5.31 Å². The summed E-state index contributed by atoms with van der Waals surface area (Å²) in [7, 11) is 6.43. The molecule has 0 bridgehead atoms. The molecule has 28 heavy (non-hydrogen) atoms. The summed E-state index contributed by atoms with van der Waals surface area (Å²) >= 11 is 0. The van der Waals surface area contributed by atoms with Gasteiger partial charge in [0.05, 0.1) is 20.2 Å². The van der Waals surface area contributed by atoms with Gasteiger partial charge in [0.1, 0.15) is 5.82 Å². The first-order chi connectivity index (χ1) is 13.4. The summed E-state index contributed by atoms with van der Waals surface area (Å²) in [4.78, 5) is 14.8. The molecule has 1 aromatic rings. The molecule has 1 amide bonds. The molecule has 3 rings (SSSR count). The molecule has 1 atom stereocenters. The second-order valence-corrected chi connectivity index (χ2v) is 8.53. The van der Waals surface area contributed by atoms with Gasteiger partial charge in [-0.2, -0.15) is 5.10 Å². The molecule has 1 aromatic carbocycles. The van der Waals surface area contributed by atoms with Crippen LogP contribution in [0.3, 0.4) is 0 Å². The van der Waals surface area contributed by atoms with Gasteiger partial charge >= 0.3 is 0 Å². The average Bonchev–Trinajstić information content (AvgIpc) is 2.69. The van der Waals surface area contributed by atoms with Gasteiger partial charge in [-0.25, -0.2) is 9.40 Å². The van der Waals surface area contributed by atoms with Crippen molar-refractivity contribution in [2.24, 2.45) is 5.10 Å². The van der Waals surface area contributed by atoms with E-state index in [4.69, 9.17) is 7.85 Å². The van der Waals surface area contributed by atoms with E-state index in [1.165, 1.54) is 31.4 Å². The zero-order valence-electron chi connectivity index (χ0n) is 17.0. The minimum Gasteiger partial charge on any atom is -0.284 e. The molecule has 0 N–H and O–H groups in total. The lowest BCUT2D eigenvalue weighted by Crippen LogP contribution is -2.42. The van der Waals surface area contributed by atoms with E-state index in [9.17, 15) is 9.18 Å². The predicted octanol–water partition coefficient (Wildman–Crippen LogP) is 4.50. The van der Waals surface area contributed by atoms with E-state index in [0.717, 1.165) is 50.0 Å². The van der Waals surface area contributed by atoms with Gasteiger partial charge in [-0.3, -0.25) is 9.69 Å². The fourth-order valence-corrected chi connectivity index (χ4v) is 4.05. The molecule has 1 fully saturated rings. The number of rotatable bonds is 3. The number of carbonyl (C=O) groups is 1. The lowest BCUT2D eigenvalue weighted by molar-refractivity contribution is -0.134. The Labute approximate surface area is 169 Å². The van der Waals surface area contributed by atoms with Crippen LogP contribution in [-0.4, -0.2) is 49.1 Å². The minimum atomic E-state index is -0.261. The quantitative estimate of drug-likeness (QED) is 0.721. The lowest BCUT2D eigenvalue weighted by Gasteiger charge is -2.31. The van der Waals surface area contributed by atoms with E-state index in [2.05, 4.69) is 16.9 Å². The summed E-state index contributed by atoms with van der Waals surface area (Å²) in [5, 5.41) is 6.12. The second-order valence-electron chi connectivity index (χ2n) is 8.53. The molecule has 4 nitrogen and oxygen atoms in total. The van der Waals surface area contributed by atoms with Gasteiger partial charge in [0.2, 0.25) is 5.91 Å². The largest absolute Gasteiger partial charge is 0.284 e. The van der Waals surface area contributed by atoms with Crippen LogP contribution in [0.4, 0.5) is 4.39 Å². The molecule has 0 spiro atoms. The van der Waals surface area contributed by atoms with Gasteiger partial charge in [-0.15, -0.1) is 0 Å². The average molecular weight is 383 g/mol. The molecule has 6 heteroatoms. The maximum atomic E-state index is 13.2. The highest BCUT2D eigenvalue weighted by Gasteiger charge is 2.24. The van der Waals surface area contributed by atoms with E-state index >= 15 is 0 Å². The fraction of sp³-hybridized carbons (Fsp3) is 0.636. The Morgan fingerprint density at radius 3 is 2.50 bits per heavy atom. The maximum Gasteiger partial charge on any atom is 0.244 e. The lowest BCUT2D eigenvalue weighted by atomic mass is 9.64. The van der Waals surface area contributed by atoms with Crippen molar-refractivity contribution in [3.8, 4) is 0 Å². The highest BCUT2D eigenvalue weighted by molar-refractivity contribution is 6.14. The van der Waals surface area contributed by atoms with Crippen molar-refractivity contribution in [1.29, 1.82) is 0 Å². The van der Waals surface area contributed by atoms with Gasteiger partial charge in [-0.05, 0) is 43.6 Å². The molecule has 2 heterocycles. The number of halogens is 1. The summed E-state index contributed by atoms with van der Waals surface area (Å²) in [6, 6.07) is 6.35. The molecule has 150 valence electrons. The molecule has 1 saturated heterocycles. The SMILES string of the molecule is [B]C1(C)CCCCCCN(CN2N=C(c3ccc(F)cc3)CCC2=O)CCC1. The Bertz CT molecular complexity index is 690. The third-order valence-electron chi connectivity index (χ3n) is 5.81. The molecular weight excluding hydrogens is 352 g/mol. The number of nitrogens with zero attached hydrogens (tertiary/aromatic N) is 3. The summed E-state index contributed by atoms with van der Waals surface area (Å²) in [5.74, 6) is -0.202. The van der Waals surface area contributed by atoms with Gasteiger partial charge in [-0.1, -0.05) is 56.5 Å². The molecule has 1 unspecified atom stereocenters. The zero-order chi connectivity index (χ0) is 20.0. The molecule has 0 aromatic heterocycles. The summed E-state index contributed by atoms with van der Waals surface area (Å²) < 4.78 is 13.2. The van der Waals surface area contributed by atoms with E-state index < -0.39 is 0 Å². The van der Waals surface area contributed by atoms with Gasteiger partial charge in [0.25, 0.3) is 0 Å². The second kappa shape index (κ2) is 9.68. The summed E-state index contributed by atoms with van der Waals surface area (Å²) in [5.41, 5.74) is 1.74. The molecule has 2 radical (unpaired) electrons. The Morgan fingerprint density at radius 1 is 1.04 bits per heavy atom. The first-order valence-corrected chi connectivity index (χ1v) is 10.6. The molecule has 0 saturated carbocycles. The van der Waals surface area contributed by atoms with E-state index in [1.54, 1.807) is 17.1 Å². The normalized spacial score (nSPS) is 25.9. The molecular formula is C22H31BFN3O. The number of benzene rings is 1. The number of carbonyl (C=O) groups excluding carboxylic acids is 1. The minimum absolute atomic E-state index is 0.0591. The fourth-order valence-electron chi connectivity index (χ4n) is 4.05. The zero-order valence-corrected chi connectivity index (χ0v) is 17.0. The van der Waals surface area contributed by atoms with Crippen LogP contribution in [0, 0.1) is 5.82 Å². The molecule has 0 aliphatic carbocycles. The van der Waals surface area contributed by atoms with Gasteiger partial charge in [0.15, 0.2) is 0 Å². The Hall–Kier alpha value is -1.69. The standard InChI is InChI=1S/C22H31BFN3O/c1-22(23)13-4-2-3-5-15-26(16-6-14-22)17-27-21(28)12-11-20(25-27)18-7-9-19(24)10-8-18/h7-10H,2-6,11-17H2,1H3. The van der Waals surface area contributed by atoms with E-state index in [0.29, 0.717) is 19.5 Å². The first-order valence-electron chi connectivity index (χ1n) is 10.6. The molecule has 2 aliphatic rings. The van der Waals surface area contributed by atoms with Crippen LogP contribution in [0.5, 0.6) is 0 Å². The number of hydrogen-bond donors (Lipinski definition) is 0. The molecule has 2 aliphatic heterocycles. The highest BCUT2D eigenvalue weighted by atomic mass is 19.1. The maximum absolute atomic E-state index is 13.2. The van der Waals surface area contributed by atoms with Crippen molar-refractivity contribution in [1.82, 2.24) is 9.91 Å². The van der Waals surface area contributed by atoms with Crippen LogP contribution >= 0.6 is 0 Å². The number of hydrazone groups is 1. The van der Waals surface area contributed by atoms with Crippen LogP contribution in [-0.2, 0) is 4.79 Å². The van der Waals surface area contributed by atoms with Crippen LogP contribution in [0.1, 0.15) is 70.3 Å². The third kappa shape index (κ3) is 6.16. The van der Waals surface area contributed by atoms with Crippen molar-refractivity contribution in [2.45, 2.75) is 70.0 Å². The van der Waals surface area contributed by atoms with Crippen molar-refractivity contribution in [2.75, 3.05) is 19.8 Å². The van der Waals surface area contributed by atoms with Gasteiger partial charge < -0.3 is 0 Å². The highest BCUT2D eigenvalue weighted by Crippen LogP contribution is 2.34. The number of hydrogen-bond acceptors (Lipinski definition) is 3. The predicted molar refractivity (Wildman–Crippen MR) is 112 cm³/mol. The number of amides is 1. The van der Waals surface area contributed by atoms with Crippen molar-refractivity contribution < 1.29 is 9.18 Å². The summed E-state index contributed by atoms with van der Waals surface area (Å²) in [6.07, 6.45) is 8.92. The Balaban J connectivity index is 1.67. The Morgan fingerprint density at radius 2 is 1.71 bits per heavy atom. The monoisotopic (exact) mass is 383 g/mol. The smallest absolute Gasteiger partial charge is 0.244 e.